The molecule has 1 N–H and O–H groups in total. The topological polar surface area (TPSA) is 128 Å². The molecule has 0 aliphatic rings. The van der Waals surface area contributed by atoms with Gasteiger partial charge in [-0.15, -0.1) is 0 Å². The molecule has 210 valence electrons. The van der Waals surface area contributed by atoms with E-state index in [0.717, 1.165) is 4.31 Å². The van der Waals surface area contributed by atoms with E-state index in [2.05, 4.69) is 5.32 Å². The molecule has 0 radical (unpaired) electrons. The monoisotopic (exact) mass is 574 g/mol. The molecule has 0 saturated carbocycles. The van der Waals surface area contributed by atoms with Crippen LogP contribution in [0.4, 0.5) is 11.4 Å². The molecule has 0 saturated heterocycles. The van der Waals surface area contributed by atoms with Crippen LogP contribution in [0.5, 0.6) is 11.5 Å². The van der Waals surface area contributed by atoms with Gasteiger partial charge in [-0.3, -0.25) is 9.10 Å². The third kappa shape index (κ3) is 6.89. The fourth-order valence-electron chi connectivity index (χ4n) is 3.84. The normalized spacial score (nSPS) is 10.8. The van der Waals surface area contributed by atoms with E-state index in [1.165, 1.54) is 56.7 Å². The van der Waals surface area contributed by atoms with E-state index in [-0.39, 0.29) is 27.4 Å². The Morgan fingerprint density at radius 3 is 1.93 bits per heavy atom. The summed E-state index contributed by atoms with van der Waals surface area (Å²) in [6, 6.07) is 26.8. The van der Waals surface area contributed by atoms with Gasteiger partial charge in [-0.1, -0.05) is 36.4 Å². The molecule has 0 spiro atoms. The maximum Gasteiger partial charge on any atom is 0.339 e. The molecular formula is C30H26N2O8S. The van der Waals surface area contributed by atoms with Crippen LogP contribution in [0.3, 0.4) is 0 Å². The van der Waals surface area contributed by atoms with E-state index in [1.54, 1.807) is 42.5 Å². The minimum absolute atomic E-state index is 0.0275. The number of hydrogen-bond donors (Lipinski definition) is 1. The quantitative estimate of drug-likeness (QED) is 0.265. The second-order valence-corrected chi connectivity index (χ2v) is 10.4. The molecule has 11 heteroatoms. The van der Waals surface area contributed by atoms with Crippen LogP contribution < -0.4 is 14.4 Å². The van der Waals surface area contributed by atoms with Gasteiger partial charge >= 0.3 is 11.9 Å². The molecule has 0 atom stereocenters. The first kappa shape index (κ1) is 28.8. The minimum Gasteiger partial charge on any atom is -0.465 e. The lowest BCUT2D eigenvalue weighted by Gasteiger charge is -2.24. The van der Waals surface area contributed by atoms with E-state index < -0.39 is 34.4 Å². The molecule has 0 aromatic heterocycles. The molecule has 0 fully saturated rings. The number of rotatable bonds is 10. The first-order valence-electron chi connectivity index (χ1n) is 12.2. The fraction of sp³-hybridized carbons (Fsp3) is 0.100. The van der Waals surface area contributed by atoms with Crippen molar-refractivity contribution in [2.75, 3.05) is 30.4 Å². The lowest BCUT2D eigenvalue weighted by Crippen LogP contribution is -2.38. The number of sulfonamides is 1. The van der Waals surface area contributed by atoms with Crippen molar-refractivity contribution in [2.24, 2.45) is 0 Å². The Balaban J connectivity index is 1.66. The van der Waals surface area contributed by atoms with Gasteiger partial charge in [0.15, 0.2) is 0 Å². The van der Waals surface area contributed by atoms with Gasteiger partial charge in [0.2, 0.25) is 5.91 Å². The molecule has 1 amide bonds. The first-order valence-corrected chi connectivity index (χ1v) is 13.7. The van der Waals surface area contributed by atoms with Crippen LogP contribution in [0.15, 0.2) is 108 Å². The number of methoxy groups -OCH3 is 2. The molecule has 0 unspecified atom stereocenters. The summed E-state index contributed by atoms with van der Waals surface area (Å²) in [6.45, 7) is -0.654. The zero-order valence-corrected chi connectivity index (χ0v) is 23.0. The Morgan fingerprint density at radius 2 is 1.32 bits per heavy atom. The largest absolute Gasteiger partial charge is 0.465 e. The van der Waals surface area contributed by atoms with Gasteiger partial charge in [-0.2, -0.15) is 0 Å². The number of carbonyl (C=O) groups is 3. The number of ether oxygens (including phenoxy) is 3. The van der Waals surface area contributed by atoms with Crippen LogP contribution in [-0.2, 0) is 24.3 Å². The molecule has 0 aliphatic heterocycles. The van der Waals surface area contributed by atoms with Gasteiger partial charge in [0.1, 0.15) is 18.0 Å². The van der Waals surface area contributed by atoms with Crippen molar-refractivity contribution in [3.8, 4) is 11.5 Å². The van der Waals surface area contributed by atoms with Crippen molar-refractivity contribution in [3.63, 3.8) is 0 Å². The summed E-state index contributed by atoms with van der Waals surface area (Å²) in [5, 5.41) is 2.53. The number of esters is 2. The lowest BCUT2D eigenvalue weighted by atomic mass is 10.1. The van der Waals surface area contributed by atoms with Crippen LogP contribution in [-0.4, -0.2) is 47.0 Å². The van der Waals surface area contributed by atoms with Crippen LogP contribution in [0, 0.1) is 0 Å². The smallest absolute Gasteiger partial charge is 0.339 e. The number of amides is 1. The van der Waals surface area contributed by atoms with E-state index in [9.17, 15) is 22.8 Å². The third-order valence-electron chi connectivity index (χ3n) is 5.84. The van der Waals surface area contributed by atoms with Crippen molar-refractivity contribution in [2.45, 2.75) is 4.90 Å². The summed E-state index contributed by atoms with van der Waals surface area (Å²) >= 11 is 0. The van der Waals surface area contributed by atoms with Crippen LogP contribution in [0.2, 0.25) is 0 Å². The molecule has 10 nitrogen and oxygen atoms in total. The van der Waals surface area contributed by atoms with Crippen molar-refractivity contribution in [3.05, 3.63) is 114 Å². The maximum atomic E-state index is 13.7. The van der Waals surface area contributed by atoms with Gasteiger partial charge in [0, 0.05) is 0 Å². The summed E-state index contributed by atoms with van der Waals surface area (Å²) in [7, 11) is -1.84. The molecular weight excluding hydrogens is 548 g/mol. The maximum absolute atomic E-state index is 13.7. The van der Waals surface area contributed by atoms with Gasteiger partial charge < -0.3 is 19.5 Å². The van der Waals surface area contributed by atoms with Crippen molar-refractivity contribution in [1.29, 1.82) is 0 Å². The average molecular weight is 575 g/mol. The fourth-order valence-corrected chi connectivity index (χ4v) is 5.28. The van der Waals surface area contributed by atoms with E-state index in [1.807, 2.05) is 18.2 Å². The highest BCUT2D eigenvalue weighted by atomic mass is 32.2. The minimum atomic E-state index is -4.20. The average Bonchev–Trinajstić information content (AvgIpc) is 3.00. The number of benzene rings is 4. The van der Waals surface area contributed by atoms with E-state index in [4.69, 9.17) is 14.2 Å². The predicted octanol–water partition coefficient (Wildman–Crippen LogP) is 4.89. The zero-order chi connectivity index (χ0) is 29.4. The second kappa shape index (κ2) is 12.8. The summed E-state index contributed by atoms with van der Waals surface area (Å²) in [5.74, 6) is -1.17. The molecule has 4 aromatic carbocycles. The number of anilines is 2. The SMILES string of the molecule is COC(=O)c1ccc(C(=O)OC)c(NC(=O)CN(c2ccc(Oc3ccccc3)cc2)S(=O)(=O)c2ccccc2)c1. The predicted molar refractivity (Wildman–Crippen MR) is 152 cm³/mol. The Kier molecular flexibility index (Phi) is 9.00. The number of nitrogens with zero attached hydrogens (tertiary/aromatic N) is 1. The summed E-state index contributed by atoms with van der Waals surface area (Å²) < 4.78 is 43.6. The standard InChI is InChI=1S/C30H26N2O8S/c1-38-29(34)21-13-18-26(30(35)39-2)27(19-21)31-28(33)20-32(41(36,37)25-11-7-4-8-12-25)22-14-16-24(17-15-22)40-23-9-5-3-6-10-23/h3-19H,20H2,1-2H3,(H,31,33). The van der Waals surface area contributed by atoms with Crippen LogP contribution >= 0.6 is 0 Å². The number of nitrogens with one attached hydrogen (secondary N) is 1. The number of hydrogen-bond acceptors (Lipinski definition) is 8. The molecule has 0 bridgehead atoms. The van der Waals surface area contributed by atoms with E-state index in [0.29, 0.717) is 11.5 Å². The Morgan fingerprint density at radius 1 is 0.732 bits per heavy atom. The van der Waals surface area contributed by atoms with Crippen LogP contribution in [0.25, 0.3) is 0 Å². The highest BCUT2D eigenvalue weighted by Crippen LogP contribution is 2.28. The third-order valence-corrected chi connectivity index (χ3v) is 7.63. The Labute approximate surface area is 237 Å². The Bertz CT molecular complexity index is 1640. The van der Waals surface area contributed by atoms with E-state index >= 15 is 0 Å². The summed E-state index contributed by atoms with van der Waals surface area (Å²) in [4.78, 5) is 37.6. The Hall–Kier alpha value is -5.16. The highest BCUT2D eigenvalue weighted by Gasteiger charge is 2.28. The summed E-state index contributed by atoms with van der Waals surface area (Å²) in [6.07, 6.45) is 0. The van der Waals surface area contributed by atoms with Crippen molar-refractivity contribution >= 4 is 39.2 Å². The van der Waals surface area contributed by atoms with Crippen LogP contribution in [0.1, 0.15) is 20.7 Å². The van der Waals surface area contributed by atoms with Gasteiger partial charge in [-0.25, -0.2) is 18.0 Å². The number of para-hydroxylation sites is 1. The molecule has 4 aromatic rings. The second-order valence-electron chi connectivity index (χ2n) is 8.53. The summed E-state index contributed by atoms with van der Waals surface area (Å²) in [5.41, 5.74) is 0.181. The van der Waals surface area contributed by atoms with Gasteiger partial charge in [0.25, 0.3) is 10.0 Å². The molecule has 41 heavy (non-hydrogen) atoms. The van der Waals surface area contributed by atoms with Crippen molar-refractivity contribution < 1.29 is 37.0 Å². The van der Waals surface area contributed by atoms with Gasteiger partial charge in [0.05, 0.1) is 41.6 Å². The highest BCUT2D eigenvalue weighted by molar-refractivity contribution is 7.92. The lowest BCUT2D eigenvalue weighted by molar-refractivity contribution is -0.114. The molecule has 4 rings (SSSR count). The first-order chi connectivity index (χ1) is 19.7. The van der Waals surface area contributed by atoms with Crippen molar-refractivity contribution in [1.82, 2.24) is 0 Å². The number of carbonyl (C=O) groups excluding carboxylic acids is 3. The molecule has 0 aliphatic carbocycles. The van der Waals surface area contributed by atoms with Gasteiger partial charge in [-0.05, 0) is 66.7 Å². The molecule has 0 heterocycles. The zero-order valence-electron chi connectivity index (χ0n) is 22.1.